The Kier molecular flexibility index (Phi) is 8.01. The van der Waals surface area contributed by atoms with Crippen LogP contribution in [0.3, 0.4) is 0 Å². The second kappa shape index (κ2) is 8.97. The minimum Gasteiger partial charge on any atom is -0.313 e. The van der Waals surface area contributed by atoms with Crippen molar-refractivity contribution < 1.29 is 0 Å². The molecule has 0 heterocycles. The largest absolute Gasteiger partial charge is 0.313 e. The van der Waals surface area contributed by atoms with Crippen LogP contribution in [0.2, 0.25) is 0 Å². The smallest absolute Gasteiger partial charge is 0.0249 e. The SMILES string of the molecule is CCCCCN(C)C1CC(C(C)C)CCC1NCC. The lowest BCUT2D eigenvalue weighted by molar-refractivity contribution is 0.102. The van der Waals surface area contributed by atoms with E-state index in [2.05, 4.69) is 45.0 Å². The van der Waals surface area contributed by atoms with Crippen molar-refractivity contribution in [2.45, 2.75) is 78.3 Å². The van der Waals surface area contributed by atoms with Gasteiger partial charge in [0.2, 0.25) is 0 Å². The lowest BCUT2D eigenvalue weighted by Crippen LogP contribution is -2.52. The minimum absolute atomic E-state index is 0.714. The predicted molar refractivity (Wildman–Crippen MR) is 85.6 cm³/mol. The zero-order valence-electron chi connectivity index (χ0n) is 13.9. The van der Waals surface area contributed by atoms with E-state index in [0.29, 0.717) is 6.04 Å². The van der Waals surface area contributed by atoms with Crippen LogP contribution in [-0.4, -0.2) is 37.1 Å². The molecule has 1 N–H and O–H groups in total. The third-order valence-electron chi connectivity index (χ3n) is 4.95. The summed E-state index contributed by atoms with van der Waals surface area (Å²) in [4.78, 5) is 2.64. The molecule has 3 atom stereocenters. The fourth-order valence-corrected chi connectivity index (χ4v) is 3.55. The van der Waals surface area contributed by atoms with E-state index in [1.807, 2.05) is 0 Å². The lowest BCUT2D eigenvalue weighted by atomic mass is 9.76. The van der Waals surface area contributed by atoms with Gasteiger partial charge in [-0.25, -0.2) is 0 Å². The van der Waals surface area contributed by atoms with Crippen LogP contribution in [0.1, 0.15) is 66.2 Å². The van der Waals surface area contributed by atoms with E-state index in [-0.39, 0.29) is 0 Å². The Morgan fingerprint density at radius 3 is 2.47 bits per heavy atom. The predicted octanol–water partition coefficient (Wildman–Crippen LogP) is 3.91. The van der Waals surface area contributed by atoms with Crippen LogP contribution in [0.5, 0.6) is 0 Å². The number of rotatable bonds is 8. The molecule has 0 amide bonds. The van der Waals surface area contributed by atoms with Gasteiger partial charge in [0, 0.05) is 12.1 Å². The van der Waals surface area contributed by atoms with Crippen LogP contribution in [0, 0.1) is 11.8 Å². The van der Waals surface area contributed by atoms with E-state index in [4.69, 9.17) is 0 Å². The van der Waals surface area contributed by atoms with E-state index in [1.54, 1.807) is 0 Å². The summed E-state index contributed by atoms with van der Waals surface area (Å²) in [5.41, 5.74) is 0. The van der Waals surface area contributed by atoms with E-state index in [9.17, 15) is 0 Å². The van der Waals surface area contributed by atoms with Crippen molar-refractivity contribution >= 4 is 0 Å². The zero-order chi connectivity index (χ0) is 14.3. The van der Waals surface area contributed by atoms with Gasteiger partial charge in [-0.3, -0.25) is 0 Å². The van der Waals surface area contributed by atoms with Gasteiger partial charge in [0.1, 0.15) is 0 Å². The molecule has 0 aliphatic heterocycles. The average Bonchev–Trinajstić information content (AvgIpc) is 2.39. The number of likely N-dealkylation sites (N-methyl/N-ethyl adjacent to an activating group) is 2. The van der Waals surface area contributed by atoms with Crippen molar-refractivity contribution in [2.75, 3.05) is 20.1 Å². The summed E-state index contributed by atoms with van der Waals surface area (Å²) in [6, 6.07) is 1.46. The Morgan fingerprint density at radius 1 is 1.16 bits per heavy atom. The number of unbranched alkanes of at least 4 members (excludes halogenated alkanes) is 2. The highest BCUT2D eigenvalue weighted by Gasteiger charge is 2.33. The average molecular weight is 268 g/mol. The summed E-state index contributed by atoms with van der Waals surface area (Å²) in [7, 11) is 2.34. The maximum absolute atomic E-state index is 3.72. The third kappa shape index (κ3) is 5.43. The summed E-state index contributed by atoms with van der Waals surface area (Å²) in [5.74, 6) is 1.77. The number of nitrogens with one attached hydrogen (secondary N) is 1. The molecule has 0 radical (unpaired) electrons. The quantitative estimate of drug-likeness (QED) is 0.671. The van der Waals surface area contributed by atoms with Crippen molar-refractivity contribution in [1.82, 2.24) is 10.2 Å². The van der Waals surface area contributed by atoms with Crippen LogP contribution < -0.4 is 5.32 Å². The van der Waals surface area contributed by atoms with Crippen molar-refractivity contribution in [3.05, 3.63) is 0 Å². The first kappa shape index (κ1) is 17.0. The molecule has 0 saturated heterocycles. The van der Waals surface area contributed by atoms with Crippen molar-refractivity contribution in [2.24, 2.45) is 11.8 Å². The van der Waals surface area contributed by atoms with Gasteiger partial charge in [-0.2, -0.15) is 0 Å². The molecule has 0 spiro atoms. The summed E-state index contributed by atoms with van der Waals surface area (Å²) >= 11 is 0. The molecular weight excluding hydrogens is 232 g/mol. The van der Waals surface area contributed by atoms with Gasteiger partial charge >= 0.3 is 0 Å². The minimum atomic E-state index is 0.714. The highest BCUT2D eigenvalue weighted by molar-refractivity contribution is 4.91. The van der Waals surface area contributed by atoms with Crippen LogP contribution in [0.25, 0.3) is 0 Å². The second-order valence-electron chi connectivity index (χ2n) is 6.74. The monoisotopic (exact) mass is 268 g/mol. The first-order valence-corrected chi connectivity index (χ1v) is 8.53. The normalized spacial score (nSPS) is 28.3. The highest BCUT2D eigenvalue weighted by atomic mass is 15.2. The molecule has 19 heavy (non-hydrogen) atoms. The third-order valence-corrected chi connectivity index (χ3v) is 4.95. The van der Waals surface area contributed by atoms with Gasteiger partial charge in [0.05, 0.1) is 0 Å². The van der Waals surface area contributed by atoms with Gasteiger partial charge in [-0.05, 0) is 57.7 Å². The Morgan fingerprint density at radius 2 is 1.89 bits per heavy atom. The van der Waals surface area contributed by atoms with Gasteiger partial charge in [0.25, 0.3) is 0 Å². The molecule has 1 aliphatic carbocycles. The Balaban J connectivity index is 2.54. The maximum atomic E-state index is 3.72. The van der Waals surface area contributed by atoms with Crippen LogP contribution in [0.4, 0.5) is 0 Å². The zero-order valence-corrected chi connectivity index (χ0v) is 13.9. The Bertz CT molecular complexity index is 227. The van der Waals surface area contributed by atoms with Crippen LogP contribution >= 0.6 is 0 Å². The second-order valence-corrected chi connectivity index (χ2v) is 6.74. The summed E-state index contributed by atoms with van der Waals surface area (Å²) < 4.78 is 0. The van der Waals surface area contributed by atoms with Crippen LogP contribution in [-0.2, 0) is 0 Å². The summed E-state index contributed by atoms with van der Waals surface area (Å²) in [5, 5.41) is 3.72. The van der Waals surface area contributed by atoms with Gasteiger partial charge in [-0.15, -0.1) is 0 Å². The van der Waals surface area contributed by atoms with Gasteiger partial charge < -0.3 is 10.2 Å². The number of nitrogens with zero attached hydrogens (tertiary/aromatic N) is 1. The molecule has 1 fully saturated rings. The standard InChI is InChI=1S/C17H36N2/c1-6-8-9-12-19(5)17-13-15(14(3)4)10-11-16(17)18-7-2/h14-18H,6-13H2,1-5H3. The molecule has 2 heteroatoms. The first-order chi connectivity index (χ1) is 9.10. The van der Waals surface area contributed by atoms with Gasteiger partial charge in [-0.1, -0.05) is 40.5 Å². The molecule has 114 valence electrons. The molecule has 1 saturated carbocycles. The molecule has 0 aromatic rings. The molecule has 1 aliphatic rings. The number of hydrogen-bond acceptors (Lipinski definition) is 2. The fraction of sp³-hybridized carbons (Fsp3) is 1.00. The van der Waals surface area contributed by atoms with Crippen LogP contribution in [0.15, 0.2) is 0 Å². The molecule has 0 bridgehead atoms. The lowest BCUT2D eigenvalue weighted by Gasteiger charge is -2.43. The topological polar surface area (TPSA) is 15.3 Å². The summed E-state index contributed by atoms with van der Waals surface area (Å²) in [6.45, 7) is 11.7. The molecule has 3 unspecified atom stereocenters. The maximum Gasteiger partial charge on any atom is 0.0249 e. The van der Waals surface area contributed by atoms with E-state index < -0.39 is 0 Å². The molecular formula is C17H36N2. The molecule has 0 aromatic carbocycles. The molecule has 1 rings (SSSR count). The van der Waals surface area contributed by atoms with Crippen molar-refractivity contribution in [3.63, 3.8) is 0 Å². The first-order valence-electron chi connectivity index (χ1n) is 8.53. The summed E-state index contributed by atoms with van der Waals surface area (Å²) in [6.07, 6.45) is 8.21. The van der Waals surface area contributed by atoms with Crippen molar-refractivity contribution in [3.8, 4) is 0 Å². The Hall–Kier alpha value is -0.0800. The highest BCUT2D eigenvalue weighted by Crippen LogP contribution is 2.32. The number of hydrogen-bond donors (Lipinski definition) is 1. The van der Waals surface area contributed by atoms with E-state index in [1.165, 1.54) is 45.1 Å². The molecule has 2 nitrogen and oxygen atoms in total. The Labute approximate surface area is 121 Å². The van der Waals surface area contributed by atoms with Crippen molar-refractivity contribution in [1.29, 1.82) is 0 Å². The van der Waals surface area contributed by atoms with E-state index >= 15 is 0 Å². The van der Waals surface area contributed by atoms with E-state index in [0.717, 1.165) is 24.4 Å². The van der Waals surface area contributed by atoms with Gasteiger partial charge in [0.15, 0.2) is 0 Å². The molecule has 0 aromatic heterocycles. The fourth-order valence-electron chi connectivity index (χ4n) is 3.55.